The Morgan fingerprint density at radius 1 is 1.06 bits per heavy atom. The van der Waals surface area contributed by atoms with E-state index in [9.17, 15) is 4.79 Å². The SMILES string of the molecule is CCNc1ccc2nn(-c3ccc4nn(C)cc4c3)c(=O)c(-c3ccc(C4CC4)nc3)c2n1. The fourth-order valence-corrected chi connectivity index (χ4v) is 4.23. The minimum atomic E-state index is -0.229. The second-order valence-electron chi connectivity index (χ2n) is 8.48. The number of nitrogens with one attached hydrogen (secondary N) is 1. The highest BCUT2D eigenvalue weighted by molar-refractivity contribution is 5.91. The van der Waals surface area contributed by atoms with Gasteiger partial charge in [-0.3, -0.25) is 14.5 Å². The maximum absolute atomic E-state index is 13.8. The number of fused-ring (bicyclic) bond motifs is 2. The summed E-state index contributed by atoms with van der Waals surface area (Å²) in [5, 5.41) is 13.3. The molecular formula is C25H23N7O. The van der Waals surface area contributed by atoms with Crippen LogP contribution in [0, 0.1) is 0 Å². The molecule has 164 valence electrons. The van der Waals surface area contributed by atoms with Crippen LogP contribution in [0.1, 0.15) is 31.4 Å². The summed E-state index contributed by atoms with van der Waals surface area (Å²) < 4.78 is 3.21. The summed E-state index contributed by atoms with van der Waals surface area (Å²) in [4.78, 5) is 23.2. The van der Waals surface area contributed by atoms with Crippen LogP contribution in [0.5, 0.6) is 0 Å². The lowest BCUT2D eigenvalue weighted by Gasteiger charge is -2.12. The van der Waals surface area contributed by atoms with Gasteiger partial charge in [0, 0.05) is 48.5 Å². The molecule has 0 atom stereocenters. The Morgan fingerprint density at radius 3 is 2.67 bits per heavy atom. The Labute approximate surface area is 189 Å². The molecule has 0 aliphatic heterocycles. The molecule has 1 fully saturated rings. The van der Waals surface area contributed by atoms with E-state index in [1.165, 1.54) is 17.5 Å². The standard InChI is InChI=1S/C25H23N7O/c1-3-26-22-11-10-21-24(28-22)23(16-6-8-19(27-13-16)15-4-5-15)25(33)32(30-21)18-7-9-20-17(12-18)14-31(2)29-20/h6-15H,3-5H2,1-2H3,(H,26,28). The van der Waals surface area contributed by atoms with Gasteiger partial charge in [-0.15, -0.1) is 0 Å². The normalized spacial score (nSPS) is 13.6. The zero-order valence-corrected chi connectivity index (χ0v) is 18.5. The highest BCUT2D eigenvalue weighted by Gasteiger charge is 2.25. The van der Waals surface area contributed by atoms with E-state index in [1.807, 2.05) is 62.6 Å². The van der Waals surface area contributed by atoms with Gasteiger partial charge in [0.1, 0.15) is 16.9 Å². The molecule has 8 nitrogen and oxygen atoms in total. The zero-order valence-electron chi connectivity index (χ0n) is 18.5. The van der Waals surface area contributed by atoms with Crippen LogP contribution in [-0.4, -0.2) is 36.1 Å². The molecule has 6 rings (SSSR count). The van der Waals surface area contributed by atoms with Crippen molar-refractivity contribution < 1.29 is 0 Å². The molecule has 4 aromatic heterocycles. The maximum atomic E-state index is 13.8. The van der Waals surface area contributed by atoms with E-state index in [-0.39, 0.29) is 5.56 Å². The Hall–Kier alpha value is -4.07. The molecule has 0 amide bonds. The van der Waals surface area contributed by atoms with E-state index in [4.69, 9.17) is 4.98 Å². The predicted octanol–water partition coefficient (Wildman–Crippen LogP) is 4.04. The second kappa shape index (κ2) is 7.51. The van der Waals surface area contributed by atoms with Gasteiger partial charge >= 0.3 is 0 Å². The molecule has 5 aromatic rings. The molecule has 0 unspecified atom stereocenters. The van der Waals surface area contributed by atoms with Crippen LogP contribution in [0.25, 0.3) is 38.8 Å². The fourth-order valence-electron chi connectivity index (χ4n) is 4.23. The number of anilines is 1. The summed E-state index contributed by atoms with van der Waals surface area (Å²) >= 11 is 0. The lowest BCUT2D eigenvalue weighted by Crippen LogP contribution is -2.24. The summed E-state index contributed by atoms with van der Waals surface area (Å²) in [6, 6.07) is 13.5. The van der Waals surface area contributed by atoms with Crippen molar-refractivity contribution in [1.29, 1.82) is 0 Å². The summed E-state index contributed by atoms with van der Waals surface area (Å²) in [5.74, 6) is 1.26. The van der Waals surface area contributed by atoms with Gasteiger partial charge in [-0.2, -0.15) is 14.9 Å². The third-order valence-corrected chi connectivity index (χ3v) is 6.00. The van der Waals surface area contributed by atoms with Crippen molar-refractivity contribution in [3.8, 4) is 16.8 Å². The fraction of sp³-hybridized carbons (Fsp3) is 0.240. The van der Waals surface area contributed by atoms with Crippen molar-refractivity contribution in [2.24, 2.45) is 7.05 Å². The van der Waals surface area contributed by atoms with Gasteiger partial charge in [0.05, 0.1) is 16.8 Å². The minimum absolute atomic E-state index is 0.229. The number of benzene rings is 1. The summed E-state index contributed by atoms with van der Waals surface area (Å²) in [6.45, 7) is 2.75. The number of aryl methyl sites for hydroxylation is 1. The number of nitrogens with zero attached hydrogens (tertiary/aromatic N) is 6. The van der Waals surface area contributed by atoms with Gasteiger partial charge in [0.25, 0.3) is 5.56 Å². The zero-order chi connectivity index (χ0) is 22.5. The molecule has 33 heavy (non-hydrogen) atoms. The van der Waals surface area contributed by atoms with Crippen LogP contribution in [0.4, 0.5) is 5.82 Å². The molecule has 8 heteroatoms. The highest BCUT2D eigenvalue weighted by atomic mass is 16.1. The highest BCUT2D eigenvalue weighted by Crippen LogP contribution is 2.39. The molecule has 0 bridgehead atoms. The first-order valence-corrected chi connectivity index (χ1v) is 11.2. The van der Waals surface area contributed by atoms with E-state index >= 15 is 0 Å². The number of pyridine rings is 2. The average molecular weight is 438 g/mol. The molecule has 1 aliphatic rings. The van der Waals surface area contributed by atoms with Crippen LogP contribution < -0.4 is 10.9 Å². The number of hydrogen-bond acceptors (Lipinski definition) is 6. The van der Waals surface area contributed by atoms with Crippen molar-refractivity contribution in [3.05, 3.63) is 70.9 Å². The van der Waals surface area contributed by atoms with Gasteiger partial charge in [-0.05, 0) is 56.2 Å². The lowest BCUT2D eigenvalue weighted by atomic mass is 10.1. The summed E-state index contributed by atoms with van der Waals surface area (Å²) in [6.07, 6.45) is 6.08. The smallest absolute Gasteiger partial charge is 0.281 e. The molecule has 1 N–H and O–H groups in total. The van der Waals surface area contributed by atoms with Crippen molar-refractivity contribution in [3.63, 3.8) is 0 Å². The van der Waals surface area contributed by atoms with Crippen molar-refractivity contribution in [2.75, 3.05) is 11.9 Å². The maximum Gasteiger partial charge on any atom is 0.281 e. The minimum Gasteiger partial charge on any atom is -0.370 e. The summed E-state index contributed by atoms with van der Waals surface area (Å²) in [7, 11) is 1.88. The van der Waals surface area contributed by atoms with Gasteiger partial charge in [-0.1, -0.05) is 6.07 Å². The molecule has 1 saturated carbocycles. The molecule has 4 heterocycles. The van der Waals surface area contributed by atoms with E-state index in [0.29, 0.717) is 34.0 Å². The quantitative estimate of drug-likeness (QED) is 0.446. The van der Waals surface area contributed by atoms with E-state index in [0.717, 1.165) is 28.7 Å². The average Bonchev–Trinajstić information content (AvgIpc) is 3.60. The van der Waals surface area contributed by atoms with Gasteiger partial charge in [-0.25, -0.2) is 4.98 Å². The van der Waals surface area contributed by atoms with Crippen molar-refractivity contribution in [2.45, 2.75) is 25.7 Å². The Balaban J connectivity index is 1.59. The van der Waals surface area contributed by atoms with Crippen LogP contribution in [0.2, 0.25) is 0 Å². The molecule has 0 saturated heterocycles. The lowest BCUT2D eigenvalue weighted by molar-refractivity contribution is 0.780. The molecule has 1 aliphatic carbocycles. The molecule has 0 radical (unpaired) electrons. The van der Waals surface area contributed by atoms with Crippen molar-refractivity contribution >= 4 is 27.8 Å². The van der Waals surface area contributed by atoms with Gasteiger partial charge < -0.3 is 5.32 Å². The predicted molar refractivity (Wildman–Crippen MR) is 129 cm³/mol. The summed E-state index contributed by atoms with van der Waals surface area (Å²) in [5.41, 5.74) is 4.86. The first-order valence-electron chi connectivity index (χ1n) is 11.2. The van der Waals surface area contributed by atoms with Crippen LogP contribution in [-0.2, 0) is 7.05 Å². The van der Waals surface area contributed by atoms with Gasteiger partial charge in [0.15, 0.2) is 0 Å². The largest absolute Gasteiger partial charge is 0.370 e. The monoisotopic (exact) mass is 437 g/mol. The topological polar surface area (TPSA) is 90.5 Å². The second-order valence-corrected chi connectivity index (χ2v) is 8.48. The number of rotatable bonds is 5. The van der Waals surface area contributed by atoms with Crippen LogP contribution in [0.15, 0.2) is 59.7 Å². The Morgan fingerprint density at radius 2 is 1.91 bits per heavy atom. The first kappa shape index (κ1) is 19.6. The van der Waals surface area contributed by atoms with Crippen LogP contribution in [0.3, 0.4) is 0 Å². The van der Waals surface area contributed by atoms with Crippen molar-refractivity contribution in [1.82, 2.24) is 29.5 Å². The molecule has 1 aromatic carbocycles. The first-order chi connectivity index (χ1) is 16.1. The molecule has 0 spiro atoms. The number of aromatic nitrogens is 6. The Bertz CT molecular complexity index is 1560. The van der Waals surface area contributed by atoms with Crippen LogP contribution >= 0.6 is 0 Å². The number of hydrogen-bond donors (Lipinski definition) is 1. The van der Waals surface area contributed by atoms with E-state index < -0.39 is 0 Å². The van der Waals surface area contributed by atoms with E-state index in [2.05, 4.69) is 20.5 Å². The van der Waals surface area contributed by atoms with Gasteiger partial charge in [0.2, 0.25) is 0 Å². The molecular weight excluding hydrogens is 414 g/mol. The van der Waals surface area contributed by atoms with E-state index in [1.54, 1.807) is 10.9 Å². The Kier molecular flexibility index (Phi) is 4.46. The third kappa shape index (κ3) is 3.44. The third-order valence-electron chi connectivity index (χ3n) is 6.00.